The van der Waals surface area contributed by atoms with Gasteiger partial charge in [0.1, 0.15) is 0 Å². The molecule has 4 aromatic rings. The van der Waals surface area contributed by atoms with Crippen LogP contribution in [-0.4, -0.2) is 35.7 Å². The minimum absolute atomic E-state index is 0.0815. The van der Waals surface area contributed by atoms with Crippen molar-refractivity contribution in [3.8, 4) is 0 Å². The number of aryl methyl sites for hydroxylation is 1. The van der Waals surface area contributed by atoms with Gasteiger partial charge in [-0.15, -0.1) is 5.10 Å². The van der Waals surface area contributed by atoms with Crippen molar-refractivity contribution in [2.24, 2.45) is 7.05 Å². The van der Waals surface area contributed by atoms with Crippen molar-refractivity contribution >= 4 is 34.4 Å². The average Bonchev–Trinajstić information content (AvgIpc) is 3.19. The molecule has 110 valence electrons. The van der Waals surface area contributed by atoms with Gasteiger partial charge in [0, 0.05) is 13.2 Å². The Balaban J connectivity index is 1.65. The SMILES string of the molecule is Cn1cccc1C(=O)CSc1n[nH]c2nc3ccccc3n12. The van der Waals surface area contributed by atoms with E-state index in [1.807, 2.05) is 58.6 Å². The van der Waals surface area contributed by atoms with Crippen molar-refractivity contribution in [3.05, 3.63) is 48.3 Å². The Morgan fingerprint density at radius 1 is 1.27 bits per heavy atom. The lowest BCUT2D eigenvalue weighted by Gasteiger charge is -2.01. The summed E-state index contributed by atoms with van der Waals surface area (Å²) in [4.78, 5) is 16.7. The Morgan fingerprint density at radius 3 is 2.95 bits per heavy atom. The van der Waals surface area contributed by atoms with Crippen molar-refractivity contribution in [2.45, 2.75) is 5.16 Å². The lowest BCUT2D eigenvalue weighted by molar-refractivity contribution is 0.101. The van der Waals surface area contributed by atoms with Gasteiger partial charge in [0.2, 0.25) is 5.78 Å². The molecule has 0 saturated carbocycles. The fraction of sp³-hybridized carbons (Fsp3) is 0.133. The Bertz CT molecular complexity index is 980. The number of ketones is 1. The number of aromatic amines is 1. The number of carbonyl (C=O) groups is 1. The highest BCUT2D eigenvalue weighted by molar-refractivity contribution is 7.99. The van der Waals surface area contributed by atoms with Gasteiger partial charge in [-0.2, -0.15) is 0 Å². The predicted octanol–water partition coefficient (Wildman–Crippen LogP) is 2.52. The van der Waals surface area contributed by atoms with Crippen LogP contribution in [0.3, 0.4) is 0 Å². The number of hydrogen-bond donors (Lipinski definition) is 1. The molecule has 0 spiro atoms. The summed E-state index contributed by atoms with van der Waals surface area (Å²) in [5, 5.41) is 7.91. The van der Waals surface area contributed by atoms with Crippen molar-refractivity contribution < 1.29 is 4.79 Å². The molecule has 3 aromatic heterocycles. The first kappa shape index (κ1) is 13.1. The van der Waals surface area contributed by atoms with E-state index in [2.05, 4.69) is 15.2 Å². The molecule has 7 heteroatoms. The summed E-state index contributed by atoms with van der Waals surface area (Å²) in [6.45, 7) is 0. The molecule has 0 fully saturated rings. The molecule has 0 unspecified atom stereocenters. The number of benzene rings is 1. The van der Waals surface area contributed by atoms with Crippen LogP contribution in [0.2, 0.25) is 0 Å². The van der Waals surface area contributed by atoms with Crippen LogP contribution < -0.4 is 0 Å². The average molecular weight is 311 g/mol. The maximum atomic E-state index is 12.3. The van der Waals surface area contributed by atoms with Crippen molar-refractivity contribution in [3.63, 3.8) is 0 Å². The smallest absolute Gasteiger partial charge is 0.231 e. The highest BCUT2D eigenvalue weighted by Crippen LogP contribution is 2.23. The fourth-order valence-corrected chi connectivity index (χ4v) is 3.33. The number of imidazole rings is 1. The van der Waals surface area contributed by atoms with Crippen molar-refractivity contribution in [1.82, 2.24) is 24.1 Å². The first-order valence-corrected chi connectivity index (χ1v) is 7.81. The summed E-state index contributed by atoms with van der Waals surface area (Å²) in [7, 11) is 1.87. The second-order valence-electron chi connectivity index (χ2n) is 4.98. The van der Waals surface area contributed by atoms with E-state index in [1.54, 1.807) is 0 Å². The normalized spacial score (nSPS) is 11.5. The van der Waals surface area contributed by atoms with E-state index in [9.17, 15) is 4.79 Å². The number of aromatic nitrogens is 5. The molecule has 0 atom stereocenters. The minimum Gasteiger partial charge on any atom is -0.348 e. The molecule has 1 aromatic carbocycles. The van der Waals surface area contributed by atoms with E-state index in [0.717, 1.165) is 16.2 Å². The van der Waals surface area contributed by atoms with E-state index in [1.165, 1.54) is 11.8 Å². The van der Waals surface area contributed by atoms with Crippen LogP contribution in [0.15, 0.2) is 47.8 Å². The van der Waals surface area contributed by atoms with E-state index in [0.29, 0.717) is 17.2 Å². The maximum Gasteiger partial charge on any atom is 0.231 e. The summed E-state index contributed by atoms with van der Waals surface area (Å²) in [5.74, 6) is 1.11. The largest absolute Gasteiger partial charge is 0.348 e. The second-order valence-corrected chi connectivity index (χ2v) is 5.92. The molecule has 22 heavy (non-hydrogen) atoms. The molecule has 0 amide bonds. The molecule has 0 bridgehead atoms. The van der Waals surface area contributed by atoms with Crippen LogP contribution in [0.4, 0.5) is 0 Å². The first-order chi connectivity index (χ1) is 10.7. The molecule has 0 aliphatic carbocycles. The number of carbonyl (C=O) groups excluding carboxylic acids is 1. The Kier molecular flexibility index (Phi) is 3.00. The third-order valence-electron chi connectivity index (χ3n) is 3.57. The van der Waals surface area contributed by atoms with E-state index < -0.39 is 0 Å². The standard InChI is InChI=1S/C15H13N5OS/c1-19-8-4-7-12(19)13(21)9-22-15-18-17-14-16-10-5-2-3-6-11(10)20(14)15/h2-8H,9H2,1H3,(H,16,17). The van der Waals surface area contributed by atoms with E-state index >= 15 is 0 Å². The van der Waals surface area contributed by atoms with Crippen LogP contribution in [0.25, 0.3) is 16.8 Å². The minimum atomic E-state index is 0.0815. The van der Waals surface area contributed by atoms with Gasteiger partial charge in [-0.1, -0.05) is 23.9 Å². The number of nitrogens with one attached hydrogen (secondary N) is 1. The topological polar surface area (TPSA) is 68.0 Å². The summed E-state index contributed by atoms with van der Waals surface area (Å²) in [5.41, 5.74) is 2.60. The number of thioether (sulfide) groups is 1. The Morgan fingerprint density at radius 2 is 2.14 bits per heavy atom. The van der Waals surface area contributed by atoms with Crippen molar-refractivity contribution in [1.29, 1.82) is 0 Å². The van der Waals surface area contributed by atoms with Crippen LogP contribution >= 0.6 is 11.8 Å². The molecule has 0 aliphatic rings. The molecule has 3 heterocycles. The Hall–Kier alpha value is -2.54. The van der Waals surface area contributed by atoms with Gasteiger partial charge in [-0.25, -0.2) is 10.1 Å². The van der Waals surface area contributed by atoms with Gasteiger partial charge < -0.3 is 4.57 Å². The van der Waals surface area contributed by atoms with Crippen LogP contribution in [-0.2, 0) is 7.05 Å². The number of rotatable bonds is 4. The molecule has 6 nitrogen and oxygen atoms in total. The van der Waals surface area contributed by atoms with Gasteiger partial charge in [0.05, 0.1) is 22.5 Å². The lowest BCUT2D eigenvalue weighted by Crippen LogP contribution is -2.08. The Labute approximate surface area is 130 Å². The quantitative estimate of drug-likeness (QED) is 0.464. The summed E-state index contributed by atoms with van der Waals surface area (Å²) < 4.78 is 3.77. The van der Waals surface area contributed by atoms with Crippen LogP contribution in [0.5, 0.6) is 0 Å². The second kappa shape index (κ2) is 5.03. The number of fused-ring (bicyclic) bond motifs is 3. The zero-order valence-corrected chi connectivity index (χ0v) is 12.7. The highest BCUT2D eigenvalue weighted by atomic mass is 32.2. The monoisotopic (exact) mass is 311 g/mol. The fourth-order valence-electron chi connectivity index (χ4n) is 2.49. The molecule has 0 aliphatic heterocycles. The van der Waals surface area contributed by atoms with E-state index in [-0.39, 0.29) is 5.78 Å². The molecular weight excluding hydrogens is 298 g/mol. The first-order valence-electron chi connectivity index (χ1n) is 6.83. The number of H-pyrrole nitrogens is 1. The van der Waals surface area contributed by atoms with Gasteiger partial charge in [0.25, 0.3) is 0 Å². The number of hydrogen-bond acceptors (Lipinski definition) is 4. The summed E-state index contributed by atoms with van der Waals surface area (Å²) in [6, 6.07) is 11.6. The zero-order valence-electron chi connectivity index (χ0n) is 11.9. The number of Topliss-reactive ketones (excluding diaryl/α,β-unsaturated/α-hetero) is 1. The third kappa shape index (κ3) is 2.01. The number of para-hydroxylation sites is 2. The summed E-state index contributed by atoms with van der Waals surface area (Å²) >= 11 is 1.41. The third-order valence-corrected chi connectivity index (χ3v) is 4.50. The molecule has 1 N–H and O–H groups in total. The molecular formula is C15H13N5OS. The van der Waals surface area contributed by atoms with Crippen molar-refractivity contribution in [2.75, 3.05) is 5.75 Å². The van der Waals surface area contributed by atoms with Gasteiger partial charge in [-0.05, 0) is 24.3 Å². The van der Waals surface area contributed by atoms with Gasteiger partial charge >= 0.3 is 0 Å². The molecule has 4 rings (SSSR count). The predicted molar refractivity (Wildman–Crippen MR) is 85.3 cm³/mol. The van der Waals surface area contributed by atoms with Crippen LogP contribution in [0.1, 0.15) is 10.5 Å². The molecule has 0 saturated heterocycles. The lowest BCUT2D eigenvalue weighted by atomic mass is 10.3. The van der Waals surface area contributed by atoms with E-state index in [4.69, 9.17) is 0 Å². The highest BCUT2D eigenvalue weighted by Gasteiger charge is 2.15. The summed E-state index contributed by atoms with van der Waals surface area (Å²) in [6.07, 6.45) is 1.87. The van der Waals surface area contributed by atoms with Gasteiger partial charge in [-0.3, -0.25) is 9.20 Å². The molecule has 0 radical (unpaired) electrons. The van der Waals surface area contributed by atoms with Crippen LogP contribution in [0, 0.1) is 0 Å². The number of nitrogens with zero attached hydrogens (tertiary/aromatic N) is 4. The van der Waals surface area contributed by atoms with Gasteiger partial charge in [0.15, 0.2) is 10.9 Å². The maximum absolute atomic E-state index is 12.3. The zero-order chi connectivity index (χ0) is 15.1.